The Labute approximate surface area is 213 Å². The van der Waals surface area contributed by atoms with Crippen LogP contribution in [-0.4, -0.2) is 59.6 Å². The number of rotatable bonds is 7. The van der Waals surface area contributed by atoms with E-state index in [1.54, 1.807) is 0 Å². The van der Waals surface area contributed by atoms with Gasteiger partial charge in [-0.1, -0.05) is 20.8 Å². The van der Waals surface area contributed by atoms with Crippen LogP contribution in [0.25, 0.3) is 0 Å². The minimum absolute atomic E-state index is 0.00883. The highest BCUT2D eigenvalue weighted by Gasteiger charge is 2.66. The minimum atomic E-state index is -4.17. The molecular formula is C26H42F2O7S. The minimum Gasteiger partial charge on any atom is -0.464 e. The summed E-state index contributed by atoms with van der Waals surface area (Å²) in [6.45, 7) is 5.98. The van der Waals surface area contributed by atoms with E-state index in [-0.39, 0.29) is 60.9 Å². The van der Waals surface area contributed by atoms with E-state index < -0.39 is 45.4 Å². The van der Waals surface area contributed by atoms with Gasteiger partial charge in [-0.3, -0.25) is 9.35 Å². The monoisotopic (exact) mass is 536 g/mol. The van der Waals surface area contributed by atoms with Gasteiger partial charge in [0.25, 0.3) is 16.0 Å². The summed E-state index contributed by atoms with van der Waals surface area (Å²) >= 11 is 0. The number of alkyl halides is 2. The Hall–Kier alpha value is -0.840. The van der Waals surface area contributed by atoms with Crippen molar-refractivity contribution in [2.45, 2.75) is 96.7 Å². The van der Waals surface area contributed by atoms with Crippen molar-refractivity contribution in [1.82, 2.24) is 0 Å². The molecule has 10 heteroatoms. The molecule has 0 aromatic rings. The second-order valence-electron chi connectivity index (χ2n) is 12.7. The van der Waals surface area contributed by atoms with E-state index >= 15 is 0 Å². The molecule has 4 rings (SSSR count). The Balaban J connectivity index is 1.42. The summed E-state index contributed by atoms with van der Waals surface area (Å²) in [7, 11) is -4.17. The van der Waals surface area contributed by atoms with Crippen molar-refractivity contribution < 1.29 is 41.5 Å². The Morgan fingerprint density at radius 3 is 2.42 bits per heavy atom. The third-order valence-electron chi connectivity index (χ3n) is 10.9. The summed E-state index contributed by atoms with van der Waals surface area (Å²) in [6, 6.07) is 0. The SMILES string of the molecule is C[C@H](CCC(=O)OCCS(=O)(=O)O)[C@H]1CCC2C3C(O)C[C@@H]4C[C@@H](O)C(F)(F)C[C@]4(C)C3CC[C@@]21C. The van der Waals surface area contributed by atoms with E-state index in [0.717, 1.165) is 25.7 Å². The summed E-state index contributed by atoms with van der Waals surface area (Å²) in [5.74, 6) is -3.54. The Kier molecular flexibility index (Phi) is 7.61. The Bertz CT molecular complexity index is 943. The standard InChI is InChI=1S/C26H42F2O7S/c1-15(4-7-22(31)35-10-11-36(32,33)34)17-5-6-18-23-19(8-9-24(17,18)2)25(3)14-26(27,28)21(30)13-16(25)12-20(23)29/h15-21,23,29-30H,4-14H2,1-3H3,(H,32,33,34)/t15-,16-,17-,18?,19?,20?,21-,23?,24-,25+/m1/s1. The molecule has 7 nitrogen and oxygen atoms in total. The fraction of sp³-hybridized carbons (Fsp3) is 0.962. The zero-order valence-electron chi connectivity index (χ0n) is 21.5. The fourth-order valence-corrected chi connectivity index (χ4v) is 9.38. The molecule has 4 saturated carbocycles. The molecule has 0 aromatic heterocycles. The molecule has 208 valence electrons. The van der Waals surface area contributed by atoms with Crippen molar-refractivity contribution in [3.05, 3.63) is 0 Å². The molecule has 4 unspecified atom stereocenters. The van der Waals surface area contributed by atoms with Crippen molar-refractivity contribution in [3.63, 3.8) is 0 Å². The molecule has 4 aliphatic rings. The van der Waals surface area contributed by atoms with E-state index in [1.807, 2.05) is 6.92 Å². The molecule has 0 aromatic carbocycles. The van der Waals surface area contributed by atoms with Gasteiger partial charge in [0.2, 0.25) is 0 Å². The highest BCUT2D eigenvalue weighted by Crippen LogP contribution is 2.69. The Morgan fingerprint density at radius 1 is 1.08 bits per heavy atom. The van der Waals surface area contributed by atoms with Crippen LogP contribution in [0, 0.1) is 46.3 Å². The number of hydrogen-bond acceptors (Lipinski definition) is 6. The maximum absolute atomic E-state index is 14.7. The van der Waals surface area contributed by atoms with Crippen molar-refractivity contribution in [2.24, 2.45) is 46.3 Å². The summed E-state index contributed by atoms with van der Waals surface area (Å²) in [6.07, 6.45) is 2.35. The number of carbonyl (C=O) groups excluding carboxylic acids is 1. The van der Waals surface area contributed by atoms with Crippen LogP contribution in [0.15, 0.2) is 0 Å². The molecule has 0 saturated heterocycles. The van der Waals surface area contributed by atoms with Gasteiger partial charge < -0.3 is 14.9 Å². The quantitative estimate of drug-likeness (QED) is 0.331. The lowest BCUT2D eigenvalue weighted by atomic mass is 9.43. The topological polar surface area (TPSA) is 121 Å². The maximum Gasteiger partial charge on any atom is 0.305 e. The second-order valence-corrected chi connectivity index (χ2v) is 14.3. The highest BCUT2D eigenvalue weighted by atomic mass is 32.2. The third kappa shape index (κ3) is 5.08. The zero-order chi connectivity index (χ0) is 26.7. The van der Waals surface area contributed by atoms with Crippen LogP contribution in [0.3, 0.4) is 0 Å². The summed E-state index contributed by atoms with van der Waals surface area (Å²) in [5, 5.41) is 21.3. The molecule has 0 radical (unpaired) electrons. The lowest BCUT2D eigenvalue weighted by Gasteiger charge is -2.63. The molecule has 0 heterocycles. The van der Waals surface area contributed by atoms with E-state index in [4.69, 9.17) is 9.29 Å². The van der Waals surface area contributed by atoms with Crippen molar-refractivity contribution in [1.29, 1.82) is 0 Å². The van der Waals surface area contributed by atoms with Gasteiger partial charge >= 0.3 is 5.97 Å². The van der Waals surface area contributed by atoms with E-state index in [2.05, 4.69) is 13.8 Å². The van der Waals surface area contributed by atoms with E-state index in [1.165, 1.54) is 0 Å². The summed E-state index contributed by atoms with van der Waals surface area (Å²) < 4.78 is 64.6. The van der Waals surface area contributed by atoms with Crippen LogP contribution in [0.4, 0.5) is 8.78 Å². The van der Waals surface area contributed by atoms with Gasteiger partial charge in [-0.25, -0.2) is 8.78 Å². The smallest absolute Gasteiger partial charge is 0.305 e. The molecule has 0 aliphatic heterocycles. The predicted molar refractivity (Wildman–Crippen MR) is 129 cm³/mol. The van der Waals surface area contributed by atoms with Gasteiger partial charge in [0, 0.05) is 12.8 Å². The van der Waals surface area contributed by atoms with Crippen molar-refractivity contribution >= 4 is 16.1 Å². The normalized spacial score (nSPS) is 44.7. The first-order chi connectivity index (χ1) is 16.6. The lowest BCUT2D eigenvalue weighted by Crippen LogP contribution is -2.62. The van der Waals surface area contributed by atoms with Gasteiger partial charge in [-0.05, 0) is 91.3 Å². The number of halogens is 2. The second kappa shape index (κ2) is 9.72. The van der Waals surface area contributed by atoms with Crippen LogP contribution in [0.1, 0.15) is 78.6 Å². The van der Waals surface area contributed by atoms with Gasteiger partial charge in [0.05, 0.1) is 6.10 Å². The van der Waals surface area contributed by atoms with Crippen LogP contribution in [0.2, 0.25) is 0 Å². The number of esters is 1. The Morgan fingerprint density at radius 2 is 1.75 bits per heavy atom. The van der Waals surface area contributed by atoms with E-state index in [0.29, 0.717) is 18.8 Å². The molecule has 3 N–H and O–H groups in total. The molecule has 10 atom stereocenters. The number of aliphatic hydroxyl groups excluding tert-OH is 2. The maximum atomic E-state index is 14.7. The van der Waals surface area contributed by atoms with Crippen LogP contribution < -0.4 is 0 Å². The average Bonchev–Trinajstić information content (AvgIpc) is 3.10. The molecule has 36 heavy (non-hydrogen) atoms. The molecule has 4 aliphatic carbocycles. The predicted octanol–water partition coefficient (Wildman–Crippen LogP) is 4.07. The first kappa shape index (κ1) is 28.2. The van der Waals surface area contributed by atoms with Gasteiger partial charge in [-0.2, -0.15) is 8.42 Å². The zero-order valence-corrected chi connectivity index (χ0v) is 22.4. The molecule has 4 fully saturated rings. The number of carbonyl (C=O) groups is 1. The van der Waals surface area contributed by atoms with Crippen molar-refractivity contribution in [3.8, 4) is 0 Å². The largest absolute Gasteiger partial charge is 0.464 e. The van der Waals surface area contributed by atoms with Gasteiger partial charge in [0.15, 0.2) is 0 Å². The van der Waals surface area contributed by atoms with E-state index in [9.17, 15) is 32.2 Å². The summed E-state index contributed by atoms with van der Waals surface area (Å²) in [5.41, 5.74) is -0.639. The first-order valence-electron chi connectivity index (χ1n) is 13.4. The molecule has 0 amide bonds. The first-order valence-corrected chi connectivity index (χ1v) is 15.0. The van der Waals surface area contributed by atoms with Gasteiger partial charge in [-0.15, -0.1) is 0 Å². The average molecular weight is 537 g/mol. The van der Waals surface area contributed by atoms with Crippen molar-refractivity contribution in [2.75, 3.05) is 12.4 Å². The number of hydrogen-bond donors (Lipinski definition) is 3. The van der Waals surface area contributed by atoms with Gasteiger partial charge in [0.1, 0.15) is 18.5 Å². The highest BCUT2D eigenvalue weighted by molar-refractivity contribution is 7.85. The number of fused-ring (bicyclic) bond motifs is 5. The number of ether oxygens (including phenoxy) is 1. The van der Waals surface area contributed by atoms with Crippen LogP contribution >= 0.6 is 0 Å². The van der Waals surface area contributed by atoms with Crippen LogP contribution in [0.5, 0.6) is 0 Å². The fourth-order valence-electron chi connectivity index (χ4n) is 9.08. The third-order valence-corrected chi connectivity index (χ3v) is 11.5. The molecule has 0 bridgehead atoms. The molecule has 0 spiro atoms. The van der Waals surface area contributed by atoms with Crippen LogP contribution in [-0.2, 0) is 19.6 Å². The number of aliphatic hydroxyl groups is 2. The summed E-state index contributed by atoms with van der Waals surface area (Å²) in [4.78, 5) is 12.1. The lowest BCUT2D eigenvalue weighted by molar-refractivity contribution is -0.236. The molecular weight excluding hydrogens is 494 g/mol.